The third-order valence-electron chi connectivity index (χ3n) is 4.13. The van der Waals surface area contributed by atoms with Gasteiger partial charge in [-0.05, 0) is 25.5 Å². The molecule has 0 bridgehead atoms. The van der Waals surface area contributed by atoms with Crippen molar-refractivity contribution < 1.29 is 21.6 Å². The molecule has 1 aromatic carbocycles. The molecule has 2 heterocycles. The number of benzene rings is 1. The van der Waals surface area contributed by atoms with E-state index in [1.807, 2.05) is 0 Å². The van der Waals surface area contributed by atoms with Crippen molar-refractivity contribution in [2.24, 2.45) is 0 Å². The molecule has 0 amide bonds. The van der Waals surface area contributed by atoms with Crippen molar-refractivity contribution in [2.75, 3.05) is 6.54 Å². The Labute approximate surface area is 164 Å². The number of hydrogen-bond acceptors (Lipinski definition) is 4. The van der Waals surface area contributed by atoms with Crippen molar-refractivity contribution in [1.82, 2.24) is 19.5 Å². The van der Waals surface area contributed by atoms with Crippen LogP contribution < -0.4 is 4.72 Å². The Morgan fingerprint density at radius 2 is 1.93 bits per heavy atom. The first-order chi connectivity index (χ1) is 13.1. The van der Waals surface area contributed by atoms with Crippen molar-refractivity contribution in [1.29, 1.82) is 0 Å². The summed E-state index contributed by atoms with van der Waals surface area (Å²) < 4.78 is 67.2. The molecule has 6 nitrogen and oxygen atoms in total. The van der Waals surface area contributed by atoms with E-state index in [2.05, 4.69) is 14.8 Å². The fraction of sp³-hybridized carbons (Fsp3) is 0.294. The number of aromatic nitrogens is 3. The van der Waals surface area contributed by atoms with Gasteiger partial charge in [0.1, 0.15) is 4.90 Å². The normalized spacial score (nSPS) is 12.6. The van der Waals surface area contributed by atoms with E-state index < -0.39 is 26.9 Å². The molecular weight excluding hydrogens is 417 g/mol. The SMILES string of the molecule is Cc1c(Cl)c(C(F)(F)F)nn1CCCNS(=O)(=O)c1cccc2cccnc12. The Morgan fingerprint density at radius 1 is 1.21 bits per heavy atom. The molecule has 1 N–H and O–H groups in total. The van der Waals surface area contributed by atoms with Gasteiger partial charge in [0.25, 0.3) is 0 Å². The van der Waals surface area contributed by atoms with Crippen molar-refractivity contribution >= 4 is 32.5 Å². The smallest absolute Gasteiger partial charge is 0.268 e. The highest BCUT2D eigenvalue weighted by Gasteiger charge is 2.38. The van der Waals surface area contributed by atoms with Gasteiger partial charge in [0.15, 0.2) is 5.69 Å². The molecule has 3 rings (SSSR count). The van der Waals surface area contributed by atoms with Gasteiger partial charge in [-0.15, -0.1) is 0 Å². The summed E-state index contributed by atoms with van der Waals surface area (Å²) in [4.78, 5) is 4.16. The molecule has 0 aliphatic carbocycles. The fourth-order valence-electron chi connectivity index (χ4n) is 2.73. The van der Waals surface area contributed by atoms with Crippen molar-refractivity contribution in [3.63, 3.8) is 0 Å². The van der Waals surface area contributed by atoms with E-state index in [0.717, 1.165) is 4.68 Å². The minimum atomic E-state index is -4.64. The lowest BCUT2D eigenvalue weighted by atomic mass is 10.2. The van der Waals surface area contributed by atoms with E-state index >= 15 is 0 Å². The third-order valence-corrected chi connectivity index (χ3v) is 6.07. The summed E-state index contributed by atoms with van der Waals surface area (Å²) in [5.41, 5.74) is -0.619. The molecule has 0 spiro atoms. The summed E-state index contributed by atoms with van der Waals surface area (Å²) in [6.07, 6.45) is -2.91. The highest BCUT2D eigenvalue weighted by molar-refractivity contribution is 7.89. The monoisotopic (exact) mass is 432 g/mol. The molecule has 0 saturated carbocycles. The topological polar surface area (TPSA) is 76.9 Å². The van der Waals surface area contributed by atoms with E-state index in [-0.39, 0.29) is 30.1 Å². The number of sulfonamides is 1. The van der Waals surface area contributed by atoms with Gasteiger partial charge in [-0.1, -0.05) is 29.8 Å². The average molecular weight is 433 g/mol. The number of pyridine rings is 1. The number of para-hydroxylation sites is 1. The molecule has 0 saturated heterocycles. The number of hydrogen-bond donors (Lipinski definition) is 1. The second-order valence-electron chi connectivity index (χ2n) is 6.05. The van der Waals surface area contributed by atoms with Crippen LogP contribution in [0.1, 0.15) is 17.8 Å². The summed E-state index contributed by atoms with van der Waals surface area (Å²) >= 11 is 5.70. The Bertz CT molecular complexity index is 1110. The lowest BCUT2D eigenvalue weighted by molar-refractivity contribution is -0.141. The zero-order valence-corrected chi connectivity index (χ0v) is 16.2. The number of nitrogens with zero attached hydrogens (tertiary/aromatic N) is 3. The van der Waals surface area contributed by atoms with Crippen molar-refractivity contribution in [3.05, 3.63) is 52.9 Å². The second kappa shape index (κ2) is 7.69. The zero-order chi connectivity index (χ0) is 20.5. The standard InChI is InChI=1S/C17H16ClF3N4O2S/c1-11-14(18)16(17(19,20)21)24-25(11)10-4-9-23-28(26,27)13-7-2-5-12-6-3-8-22-15(12)13/h2-3,5-8,23H,4,9-10H2,1H3. The van der Waals surface area contributed by atoms with Crippen LogP contribution in [0.15, 0.2) is 41.4 Å². The van der Waals surface area contributed by atoms with E-state index in [9.17, 15) is 21.6 Å². The van der Waals surface area contributed by atoms with E-state index in [0.29, 0.717) is 10.9 Å². The largest absolute Gasteiger partial charge is 0.436 e. The number of alkyl halides is 3. The van der Waals surface area contributed by atoms with E-state index in [4.69, 9.17) is 11.6 Å². The predicted octanol–water partition coefficient (Wildman–Crippen LogP) is 3.78. The summed E-state index contributed by atoms with van der Waals surface area (Å²) in [5, 5.41) is 3.72. The molecule has 3 aromatic rings. The maximum absolute atomic E-state index is 12.8. The molecule has 0 unspecified atom stereocenters. The van der Waals surface area contributed by atoms with Crippen LogP contribution >= 0.6 is 11.6 Å². The number of fused-ring (bicyclic) bond motifs is 1. The lowest BCUT2D eigenvalue weighted by Crippen LogP contribution is -2.26. The molecule has 0 atom stereocenters. The first-order valence-corrected chi connectivity index (χ1v) is 10.1. The van der Waals surface area contributed by atoms with Gasteiger partial charge in [-0.2, -0.15) is 18.3 Å². The van der Waals surface area contributed by atoms with Crippen molar-refractivity contribution in [3.8, 4) is 0 Å². The summed E-state index contributed by atoms with van der Waals surface area (Å²) in [7, 11) is -3.83. The molecule has 11 heteroatoms. The van der Waals surface area contributed by atoms with Crippen LogP contribution in [-0.2, 0) is 22.7 Å². The Hall–Kier alpha value is -2.17. The van der Waals surface area contributed by atoms with Crippen LogP contribution in [0, 0.1) is 6.92 Å². The summed E-state index contributed by atoms with van der Waals surface area (Å²) in [5.74, 6) is 0. The number of aryl methyl sites for hydroxylation is 1. The average Bonchev–Trinajstić information content (AvgIpc) is 2.93. The van der Waals surface area contributed by atoms with Gasteiger partial charge in [-0.3, -0.25) is 9.67 Å². The van der Waals surface area contributed by atoms with Gasteiger partial charge in [0.05, 0.1) is 16.2 Å². The van der Waals surface area contributed by atoms with Crippen LogP contribution in [0.25, 0.3) is 10.9 Å². The first-order valence-electron chi connectivity index (χ1n) is 8.25. The number of nitrogens with one attached hydrogen (secondary N) is 1. The van der Waals surface area contributed by atoms with Gasteiger partial charge in [-0.25, -0.2) is 13.1 Å². The second-order valence-corrected chi connectivity index (χ2v) is 8.16. The third kappa shape index (κ3) is 4.13. The van der Waals surface area contributed by atoms with Crippen molar-refractivity contribution in [2.45, 2.75) is 31.0 Å². The highest BCUT2D eigenvalue weighted by Crippen LogP contribution is 2.35. The Balaban J connectivity index is 1.68. The van der Waals surface area contributed by atoms with Crippen LogP contribution in [0.4, 0.5) is 13.2 Å². The van der Waals surface area contributed by atoms with Crippen LogP contribution in [0.5, 0.6) is 0 Å². The van der Waals surface area contributed by atoms with Gasteiger partial charge >= 0.3 is 6.18 Å². The van der Waals surface area contributed by atoms with Crippen LogP contribution in [-0.4, -0.2) is 29.7 Å². The minimum Gasteiger partial charge on any atom is -0.268 e. The molecule has 0 fully saturated rings. The summed E-state index contributed by atoms with van der Waals surface area (Å²) in [6, 6.07) is 8.28. The van der Waals surface area contributed by atoms with E-state index in [1.54, 1.807) is 24.3 Å². The molecule has 0 radical (unpaired) electrons. The molecule has 0 aliphatic heterocycles. The highest BCUT2D eigenvalue weighted by atomic mass is 35.5. The Kier molecular flexibility index (Phi) is 5.64. The van der Waals surface area contributed by atoms with Crippen LogP contribution in [0.2, 0.25) is 5.02 Å². The maximum Gasteiger partial charge on any atom is 0.436 e. The first kappa shape index (κ1) is 20.6. The van der Waals surface area contributed by atoms with E-state index in [1.165, 1.54) is 19.2 Å². The van der Waals surface area contributed by atoms with Crippen LogP contribution in [0.3, 0.4) is 0 Å². The van der Waals surface area contributed by atoms with Gasteiger partial charge < -0.3 is 0 Å². The number of halogens is 4. The lowest BCUT2D eigenvalue weighted by Gasteiger charge is -2.09. The molecular formula is C17H16ClF3N4O2S. The number of rotatable bonds is 6. The van der Waals surface area contributed by atoms with Gasteiger partial charge in [0.2, 0.25) is 10.0 Å². The molecule has 2 aromatic heterocycles. The quantitative estimate of drug-likeness (QED) is 0.601. The minimum absolute atomic E-state index is 0.0177. The molecule has 28 heavy (non-hydrogen) atoms. The Morgan fingerprint density at radius 3 is 2.61 bits per heavy atom. The zero-order valence-electron chi connectivity index (χ0n) is 14.7. The van der Waals surface area contributed by atoms with Gasteiger partial charge in [0, 0.05) is 24.7 Å². The molecule has 0 aliphatic rings. The predicted molar refractivity (Wildman–Crippen MR) is 98.5 cm³/mol. The summed E-state index contributed by atoms with van der Waals surface area (Å²) in [6.45, 7) is 1.53. The molecule has 150 valence electrons. The maximum atomic E-state index is 12.8. The fourth-order valence-corrected chi connectivity index (χ4v) is 4.22.